The molecule has 1 heterocycles. The molecule has 0 spiro atoms. The summed E-state index contributed by atoms with van der Waals surface area (Å²) in [6, 6.07) is 9.83. The largest absolute Gasteiger partial charge is 0.493 e. The third-order valence-electron chi connectivity index (χ3n) is 2.63. The van der Waals surface area contributed by atoms with Crippen LogP contribution >= 0.6 is 0 Å². The van der Waals surface area contributed by atoms with Crippen LogP contribution in [0.1, 0.15) is 18.5 Å². The maximum atomic E-state index is 8.46. The number of nitrogens with zero attached hydrogens (tertiary/aromatic N) is 3. The number of hydrogen-bond donors (Lipinski definition) is 1. The summed E-state index contributed by atoms with van der Waals surface area (Å²) in [4.78, 5) is 8.22. The lowest BCUT2D eigenvalue weighted by atomic mass is 10.3. The lowest BCUT2D eigenvalue weighted by molar-refractivity contribution is 0.313. The summed E-state index contributed by atoms with van der Waals surface area (Å²) in [7, 11) is 0. The van der Waals surface area contributed by atoms with Crippen LogP contribution < -0.4 is 10.1 Å². The summed E-state index contributed by atoms with van der Waals surface area (Å²) < 4.78 is 5.58. The minimum atomic E-state index is 0.518. The van der Waals surface area contributed by atoms with Crippen molar-refractivity contribution in [3.63, 3.8) is 0 Å². The molecule has 0 saturated heterocycles. The van der Waals surface area contributed by atoms with Gasteiger partial charge in [0, 0.05) is 30.6 Å². The van der Waals surface area contributed by atoms with Gasteiger partial charge in [0.2, 0.25) is 0 Å². The molecule has 0 fully saturated rings. The zero-order valence-corrected chi connectivity index (χ0v) is 11.1. The van der Waals surface area contributed by atoms with Crippen LogP contribution in [-0.4, -0.2) is 16.6 Å². The van der Waals surface area contributed by atoms with E-state index in [-0.39, 0.29) is 0 Å². The van der Waals surface area contributed by atoms with E-state index in [0.717, 1.165) is 23.6 Å². The van der Waals surface area contributed by atoms with Crippen molar-refractivity contribution >= 4 is 5.69 Å². The van der Waals surface area contributed by atoms with Crippen molar-refractivity contribution < 1.29 is 4.74 Å². The van der Waals surface area contributed by atoms with Gasteiger partial charge < -0.3 is 10.1 Å². The third-order valence-corrected chi connectivity index (χ3v) is 2.63. The SMILES string of the molecule is N#CCCCOc1cccc(NCc2cnccn2)c1. The lowest BCUT2D eigenvalue weighted by Crippen LogP contribution is -2.02. The Morgan fingerprint density at radius 2 is 2.25 bits per heavy atom. The highest BCUT2D eigenvalue weighted by molar-refractivity contribution is 5.48. The fourth-order valence-corrected chi connectivity index (χ4v) is 1.65. The maximum Gasteiger partial charge on any atom is 0.121 e. The van der Waals surface area contributed by atoms with E-state index >= 15 is 0 Å². The molecule has 1 aromatic heterocycles. The molecule has 0 atom stereocenters. The Hall–Kier alpha value is -2.61. The second kappa shape index (κ2) is 7.74. The highest BCUT2D eigenvalue weighted by Crippen LogP contribution is 2.18. The Labute approximate surface area is 118 Å². The van der Waals surface area contributed by atoms with Gasteiger partial charge in [-0.15, -0.1) is 0 Å². The highest BCUT2D eigenvalue weighted by Gasteiger charge is 1.98. The maximum absolute atomic E-state index is 8.46. The molecular formula is C15H16N4O. The van der Waals surface area contributed by atoms with Crippen LogP contribution in [0.2, 0.25) is 0 Å². The first-order valence-electron chi connectivity index (χ1n) is 6.47. The number of hydrogen-bond acceptors (Lipinski definition) is 5. The predicted octanol–water partition coefficient (Wildman–Crippen LogP) is 2.77. The molecule has 0 aliphatic heterocycles. The van der Waals surface area contributed by atoms with Crippen LogP contribution in [0.4, 0.5) is 5.69 Å². The molecule has 1 N–H and O–H groups in total. The van der Waals surface area contributed by atoms with Gasteiger partial charge in [0.15, 0.2) is 0 Å². The number of ether oxygens (including phenoxy) is 1. The Balaban J connectivity index is 1.85. The van der Waals surface area contributed by atoms with Crippen LogP contribution in [0.25, 0.3) is 0 Å². The van der Waals surface area contributed by atoms with E-state index in [4.69, 9.17) is 10.00 Å². The summed E-state index contributed by atoms with van der Waals surface area (Å²) in [5.41, 5.74) is 1.85. The molecule has 0 aliphatic carbocycles. The normalized spacial score (nSPS) is 9.75. The molecular weight excluding hydrogens is 252 g/mol. The van der Waals surface area contributed by atoms with Crippen molar-refractivity contribution in [3.05, 3.63) is 48.5 Å². The van der Waals surface area contributed by atoms with Gasteiger partial charge in [0.05, 0.1) is 31.1 Å². The quantitative estimate of drug-likeness (QED) is 0.782. The number of benzene rings is 1. The number of anilines is 1. The zero-order chi connectivity index (χ0) is 14.0. The molecule has 20 heavy (non-hydrogen) atoms. The first-order valence-corrected chi connectivity index (χ1v) is 6.47. The zero-order valence-electron chi connectivity index (χ0n) is 11.1. The van der Waals surface area contributed by atoms with E-state index < -0.39 is 0 Å². The second-order valence-electron chi connectivity index (χ2n) is 4.19. The van der Waals surface area contributed by atoms with Crippen LogP contribution in [0.15, 0.2) is 42.9 Å². The molecule has 5 heteroatoms. The van der Waals surface area contributed by atoms with E-state index in [9.17, 15) is 0 Å². The fraction of sp³-hybridized carbons (Fsp3) is 0.267. The van der Waals surface area contributed by atoms with Crippen LogP contribution in [0.3, 0.4) is 0 Å². The molecule has 0 saturated carbocycles. The standard InChI is InChI=1S/C15H16N4O/c16-6-1-2-9-20-15-5-3-4-13(10-15)19-12-14-11-17-7-8-18-14/h3-5,7-8,10-11,19H,1-2,9,12H2. The minimum absolute atomic E-state index is 0.518. The molecule has 0 aliphatic rings. The molecule has 2 rings (SSSR count). The molecule has 102 valence electrons. The van der Waals surface area contributed by atoms with Crippen molar-refractivity contribution in [1.29, 1.82) is 5.26 Å². The summed E-state index contributed by atoms with van der Waals surface area (Å²) >= 11 is 0. The number of nitrogens with one attached hydrogen (secondary N) is 1. The highest BCUT2D eigenvalue weighted by atomic mass is 16.5. The Kier molecular flexibility index (Phi) is 5.35. The fourth-order valence-electron chi connectivity index (χ4n) is 1.65. The number of aromatic nitrogens is 2. The third kappa shape index (κ3) is 4.58. The second-order valence-corrected chi connectivity index (χ2v) is 4.19. The van der Waals surface area contributed by atoms with E-state index in [0.29, 0.717) is 19.6 Å². The van der Waals surface area contributed by atoms with E-state index in [1.807, 2.05) is 24.3 Å². The monoisotopic (exact) mass is 268 g/mol. The molecule has 1 aromatic carbocycles. The molecule has 0 unspecified atom stereocenters. The average Bonchev–Trinajstić information content (AvgIpc) is 2.51. The van der Waals surface area contributed by atoms with Gasteiger partial charge in [-0.3, -0.25) is 9.97 Å². The van der Waals surface area contributed by atoms with Crippen LogP contribution in [0.5, 0.6) is 5.75 Å². The molecule has 0 bridgehead atoms. The Morgan fingerprint density at radius 3 is 3.05 bits per heavy atom. The van der Waals surface area contributed by atoms with Gasteiger partial charge >= 0.3 is 0 Å². The van der Waals surface area contributed by atoms with Crippen molar-refractivity contribution in [1.82, 2.24) is 9.97 Å². The number of rotatable bonds is 7. The van der Waals surface area contributed by atoms with E-state index in [1.54, 1.807) is 18.6 Å². The first-order chi connectivity index (χ1) is 9.88. The van der Waals surface area contributed by atoms with Crippen LogP contribution in [0, 0.1) is 11.3 Å². The molecule has 0 amide bonds. The van der Waals surface area contributed by atoms with E-state index in [1.165, 1.54) is 0 Å². The van der Waals surface area contributed by atoms with Crippen molar-refractivity contribution in [3.8, 4) is 11.8 Å². The first kappa shape index (κ1) is 13.8. The summed E-state index contributed by atoms with van der Waals surface area (Å²) in [6.45, 7) is 1.17. The Bertz CT molecular complexity index is 566. The van der Waals surface area contributed by atoms with Crippen molar-refractivity contribution in [2.45, 2.75) is 19.4 Å². The number of nitriles is 1. The van der Waals surface area contributed by atoms with E-state index in [2.05, 4.69) is 21.4 Å². The Morgan fingerprint density at radius 1 is 1.30 bits per heavy atom. The molecule has 2 aromatic rings. The smallest absolute Gasteiger partial charge is 0.121 e. The summed E-state index contributed by atoms with van der Waals surface area (Å²) in [5, 5.41) is 11.7. The van der Waals surface area contributed by atoms with Gasteiger partial charge in [-0.25, -0.2) is 0 Å². The van der Waals surface area contributed by atoms with Crippen molar-refractivity contribution in [2.24, 2.45) is 0 Å². The van der Waals surface area contributed by atoms with Gasteiger partial charge in [-0.2, -0.15) is 5.26 Å². The van der Waals surface area contributed by atoms with Crippen molar-refractivity contribution in [2.75, 3.05) is 11.9 Å². The van der Waals surface area contributed by atoms with Gasteiger partial charge in [0.25, 0.3) is 0 Å². The molecule has 0 radical (unpaired) electrons. The van der Waals surface area contributed by atoms with Gasteiger partial charge in [-0.1, -0.05) is 6.07 Å². The summed E-state index contributed by atoms with van der Waals surface area (Å²) in [5.74, 6) is 0.798. The predicted molar refractivity (Wildman–Crippen MR) is 76.1 cm³/mol. The average molecular weight is 268 g/mol. The lowest BCUT2D eigenvalue weighted by Gasteiger charge is -2.09. The molecule has 5 nitrogen and oxygen atoms in total. The van der Waals surface area contributed by atoms with Crippen LogP contribution in [-0.2, 0) is 6.54 Å². The topological polar surface area (TPSA) is 70.8 Å². The van der Waals surface area contributed by atoms with Gasteiger partial charge in [0.1, 0.15) is 5.75 Å². The summed E-state index contributed by atoms with van der Waals surface area (Å²) in [6.07, 6.45) is 6.32. The minimum Gasteiger partial charge on any atom is -0.493 e. The van der Waals surface area contributed by atoms with Gasteiger partial charge in [-0.05, 0) is 18.6 Å². The number of unbranched alkanes of at least 4 members (excludes halogenated alkanes) is 1.